The van der Waals surface area contributed by atoms with E-state index in [1.807, 2.05) is 44.0 Å². The molecule has 126 valence electrons. The van der Waals surface area contributed by atoms with Crippen LogP contribution in [0.25, 0.3) is 0 Å². The molecule has 1 amide bonds. The molecule has 0 aliphatic carbocycles. The van der Waals surface area contributed by atoms with E-state index in [1.54, 1.807) is 0 Å². The van der Waals surface area contributed by atoms with Crippen LogP contribution in [0, 0.1) is 19.8 Å². The Kier molecular flexibility index (Phi) is 6.34. The average molecular weight is 316 g/mol. The number of benzene rings is 1. The Morgan fingerprint density at radius 3 is 2.78 bits per heavy atom. The quantitative estimate of drug-likeness (QED) is 0.821. The van der Waals surface area contributed by atoms with Gasteiger partial charge in [-0.05, 0) is 57.8 Å². The highest BCUT2D eigenvalue weighted by atomic mass is 16.2. The number of nitrogens with zero attached hydrogens (tertiary/aromatic N) is 1. The molecule has 1 saturated heterocycles. The van der Waals surface area contributed by atoms with Crippen LogP contribution in [0.2, 0.25) is 0 Å². The van der Waals surface area contributed by atoms with Crippen LogP contribution in [0.5, 0.6) is 0 Å². The van der Waals surface area contributed by atoms with Gasteiger partial charge in [0.25, 0.3) is 0 Å². The number of hydrogen-bond donors (Lipinski definition) is 1. The first kappa shape index (κ1) is 17.7. The zero-order valence-corrected chi connectivity index (χ0v) is 14.5. The van der Waals surface area contributed by atoms with Crippen LogP contribution >= 0.6 is 0 Å². The van der Waals surface area contributed by atoms with Crippen LogP contribution < -0.4 is 5.32 Å². The fourth-order valence-corrected chi connectivity index (χ4v) is 3.30. The summed E-state index contributed by atoms with van der Waals surface area (Å²) in [6, 6.07) is 5.90. The van der Waals surface area contributed by atoms with E-state index in [0.717, 1.165) is 42.7 Å². The van der Waals surface area contributed by atoms with Gasteiger partial charge in [0.1, 0.15) is 0 Å². The smallest absolute Gasteiger partial charge is 0.223 e. The maximum atomic E-state index is 12.4. The summed E-state index contributed by atoms with van der Waals surface area (Å²) < 4.78 is 0. The summed E-state index contributed by atoms with van der Waals surface area (Å²) in [7, 11) is 1.95. The Hall–Kier alpha value is -1.68. The van der Waals surface area contributed by atoms with Crippen molar-refractivity contribution in [3.05, 3.63) is 34.9 Å². The third-order valence-corrected chi connectivity index (χ3v) is 4.62. The first-order chi connectivity index (χ1) is 11.0. The summed E-state index contributed by atoms with van der Waals surface area (Å²) in [6.07, 6.45) is 2.85. The zero-order chi connectivity index (χ0) is 16.8. The summed E-state index contributed by atoms with van der Waals surface area (Å²) in [5.41, 5.74) is 2.82. The van der Waals surface area contributed by atoms with Gasteiger partial charge in [-0.25, -0.2) is 0 Å². The second kappa shape index (κ2) is 8.25. The average Bonchev–Trinajstić information content (AvgIpc) is 2.55. The summed E-state index contributed by atoms with van der Waals surface area (Å²) >= 11 is 0. The fraction of sp³-hybridized carbons (Fsp3) is 0.579. The van der Waals surface area contributed by atoms with Crippen LogP contribution in [0.1, 0.15) is 47.2 Å². The number of carbonyl (C=O) groups is 2. The molecule has 2 rings (SSSR count). The second-order valence-electron chi connectivity index (χ2n) is 6.65. The van der Waals surface area contributed by atoms with Gasteiger partial charge < -0.3 is 10.2 Å². The van der Waals surface area contributed by atoms with Crippen LogP contribution in [0.15, 0.2) is 18.2 Å². The Bertz CT molecular complexity index is 566. The fourth-order valence-electron chi connectivity index (χ4n) is 3.30. The minimum Gasteiger partial charge on any atom is -0.342 e. The molecule has 0 aromatic heterocycles. The van der Waals surface area contributed by atoms with E-state index < -0.39 is 0 Å². The van der Waals surface area contributed by atoms with E-state index in [1.165, 1.54) is 6.42 Å². The van der Waals surface area contributed by atoms with Crippen molar-refractivity contribution in [3.8, 4) is 0 Å². The molecule has 1 heterocycles. The highest BCUT2D eigenvalue weighted by Gasteiger charge is 2.23. The Balaban J connectivity index is 1.88. The van der Waals surface area contributed by atoms with Crippen molar-refractivity contribution in [2.75, 3.05) is 26.7 Å². The summed E-state index contributed by atoms with van der Waals surface area (Å²) in [5, 5.41) is 3.19. The van der Waals surface area contributed by atoms with Crippen LogP contribution in [-0.4, -0.2) is 43.3 Å². The monoisotopic (exact) mass is 316 g/mol. The molecule has 0 saturated carbocycles. The Labute approximate surface area is 139 Å². The third kappa shape index (κ3) is 4.90. The van der Waals surface area contributed by atoms with Gasteiger partial charge in [-0.3, -0.25) is 9.59 Å². The molecular formula is C19H28N2O2. The van der Waals surface area contributed by atoms with Gasteiger partial charge in [0.2, 0.25) is 5.91 Å². The molecule has 1 unspecified atom stereocenters. The van der Waals surface area contributed by atoms with E-state index >= 15 is 0 Å². The van der Waals surface area contributed by atoms with E-state index in [9.17, 15) is 9.59 Å². The number of piperidine rings is 1. The van der Waals surface area contributed by atoms with Crippen LogP contribution in [0.4, 0.5) is 0 Å². The van der Waals surface area contributed by atoms with Crippen LogP contribution in [0.3, 0.4) is 0 Å². The van der Waals surface area contributed by atoms with E-state index in [0.29, 0.717) is 18.8 Å². The number of hydrogen-bond acceptors (Lipinski definition) is 3. The number of carbonyl (C=O) groups excluding carboxylic acids is 2. The number of likely N-dealkylation sites (tertiary alicyclic amines) is 1. The van der Waals surface area contributed by atoms with Crippen molar-refractivity contribution in [1.29, 1.82) is 0 Å². The van der Waals surface area contributed by atoms with Crippen molar-refractivity contribution in [3.63, 3.8) is 0 Å². The lowest BCUT2D eigenvalue weighted by molar-refractivity contribution is -0.132. The predicted octanol–water partition coefficient (Wildman–Crippen LogP) is 2.72. The van der Waals surface area contributed by atoms with Crippen molar-refractivity contribution in [2.24, 2.45) is 5.92 Å². The molecule has 4 nitrogen and oxygen atoms in total. The molecule has 1 atom stereocenters. The Morgan fingerprint density at radius 2 is 2.04 bits per heavy atom. The van der Waals surface area contributed by atoms with Gasteiger partial charge in [0, 0.05) is 31.5 Å². The van der Waals surface area contributed by atoms with Gasteiger partial charge in [-0.1, -0.05) is 17.7 Å². The van der Waals surface area contributed by atoms with Crippen molar-refractivity contribution in [2.45, 2.75) is 39.5 Å². The number of ketones is 1. The summed E-state index contributed by atoms with van der Waals surface area (Å²) in [5.74, 6) is 0.722. The van der Waals surface area contributed by atoms with Gasteiger partial charge >= 0.3 is 0 Å². The van der Waals surface area contributed by atoms with Crippen LogP contribution in [-0.2, 0) is 4.79 Å². The maximum absolute atomic E-state index is 12.4. The van der Waals surface area contributed by atoms with Gasteiger partial charge in [-0.15, -0.1) is 0 Å². The van der Waals surface area contributed by atoms with Gasteiger partial charge in [0.15, 0.2) is 5.78 Å². The maximum Gasteiger partial charge on any atom is 0.223 e. The standard InChI is InChI=1S/C19H28N2O2/c1-14-6-7-15(2)17(11-14)18(22)8-9-19(23)21-10-4-5-16(13-21)12-20-3/h6-7,11,16,20H,4-5,8-10,12-13H2,1-3H3. The van der Waals surface area contributed by atoms with Crippen molar-refractivity contribution < 1.29 is 9.59 Å². The highest BCUT2D eigenvalue weighted by molar-refractivity contribution is 5.99. The molecule has 1 aliphatic heterocycles. The molecule has 1 aromatic rings. The molecular weight excluding hydrogens is 288 g/mol. The van der Waals surface area contributed by atoms with Gasteiger partial charge in [0.05, 0.1) is 0 Å². The molecule has 4 heteroatoms. The molecule has 23 heavy (non-hydrogen) atoms. The molecule has 0 radical (unpaired) electrons. The number of aryl methyl sites for hydroxylation is 2. The zero-order valence-electron chi connectivity index (χ0n) is 14.5. The summed E-state index contributed by atoms with van der Waals surface area (Å²) in [6.45, 7) is 6.53. The minimum atomic E-state index is 0.0725. The third-order valence-electron chi connectivity index (χ3n) is 4.62. The number of amides is 1. The Morgan fingerprint density at radius 1 is 1.26 bits per heavy atom. The molecule has 1 N–H and O–H groups in total. The number of rotatable bonds is 6. The summed E-state index contributed by atoms with van der Waals surface area (Å²) in [4.78, 5) is 26.7. The molecule has 1 aromatic carbocycles. The minimum absolute atomic E-state index is 0.0725. The molecule has 0 spiro atoms. The molecule has 1 fully saturated rings. The largest absolute Gasteiger partial charge is 0.342 e. The number of Topliss-reactive ketones (excluding diaryl/α,β-unsaturated/α-hetero) is 1. The van der Waals surface area contributed by atoms with E-state index in [2.05, 4.69) is 5.32 Å². The second-order valence-corrected chi connectivity index (χ2v) is 6.65. The molecule has 0 bridgehead atoms. The predicted molar refractivity (Wildman–Crippen MR) is 92.7 cm³/mol. The van der Waals surface area contributed by atoms with E-state index in [4.69, 9.17) is 0 Å². The SMILES string of the molecule is CNCC1CCCN(C(=O)CCC(=O)c2cc(C)ccc2C)C1. The van der Waals surface area contributed by atoms with E-state index in [-0.39, 0.29) is 11.7 Å². The lowest BCUT2D eigenvalue weighted by atomic mass is 9.96. The van der Waals surface area contributed by atoms with Crippen molar-refractivity contribution >= 4 is 11.7 Å². The first-order valence-corrected chi connectivity index (χ1v) is 8.54. The van der Waals surface area contributed by atoms with Gasteiger partial charge in [-0.2, -0.15) is 0 Å². The highest BCUT2D eigenvalue weighted by Crippen LogP contribution is 2.18. The normalized spacial score (nSPS) is 18.0. The lowest BCUT2D eigenvalue weighted by Crippen LogP contribution is -2.42. The lowest BCUT2D eigenvalue weighted by Gasteiger charge is -2.32. The van der Waals surface area contributed by atoms with Crippen molar-refractivity contribution in [1.82, 2.24) is 10.2 Å². The topological polar surface area (TPSA) is 49.4 Å². The molecule has 1 aliphatic rings. The number of nitrogens with one attached hydrogen (secondary N) is 1. The first-order valence-electron chi connectivity index (χ1n) is 8.54.